The van der Waals surface area contributed by atoms with Crippen molar-refractivity contribution in [2.24, 2.45) is 11.8 Å². The van der Waals surface area contributed by atoms with Crippen molar-refractivity contribution in [1.82, 2.24) is 5.32 Å². The number of amides is 2. The van der Waals surface area contributed by atoms with Crippen LogP contribution in [0.25, 0.3) is 0 Å². The highest BCUT2D eigenvalue weighted by atomic mass is 16.2. The van der Waals surface area contributed by atoms with E-state index >= 15 is 0 Å². The molecular weight excluding hydrogens is 324 g/mol. The number of rotatable bonds is 7. The highest BCUT2D eigenvalue weighted by Gasteiger charge is 2.29. The smallest absolute Gasteiger partial charge is 0.251 e. The maximum absolute atomic E-state index is 12.8. The molecule has 0 aliphatic heterocycles. The van der Waals surface area contributed by atoms with E-state index in [2.05, 4.69) is 24.5 Å². The molecule has 26 heavy (non-hydrogen) atoms. The Kier molecular flexibility index (Phi) is 5.71. The molecule has 2 amide bonds. The van der Waals surface area contributed by atoms with Crippen LogP contribution in [0.1, 0.15) is 55.1 Å². The molecule has 0 aromatic heterocycles. The van der Waals surface area contributed by atoms with Gasteiger partial charge in [-0.2, -0.15) is 0 Å². The van der Waals surface area contributed by atoms with Gasteiger partial charge < -0.3 is 10.6 Å². The van der Waals surface area contributed by atoms with Gasteiger partial charge >= 0.3 is 0 Å². The van der Waals surface area contributed by atoms with Crippen molar-refractivity contribution in [3.63, 3.8) is 0 Å². The number of carbonyl (C=O) groups excluding carboxylic acids is 2. The van der Waals surface area contributed by atoms with Crippen LogP contribution in [-0.2, 0) is 4.79 Å². The Hall–Kier alpha value is -2.62. The number of hydrogen-bond donors (Lipinski definition) is 2. The van der Waals surface area contributed by atoms with Gasteiger partial charge in [-0.3, -0.25) is 9.59 Å². The average Bonchev–Trinajstić information content (AvgIpc) is 3.47. The number of nitrogens with one attached hydrogen (secondary N) is 2. The first kappa shape index (κ1) is 18.2. The van der Waals surface area contributed by atoms with Gasteiger partial charge in [0.2, 0.25) is 5.91 Å². The van der Waals surface area contributed by atoms with Gasteiger partial charge in [0.15, 0.2) is 0 Å². The van der Waals surface area contributed by atoms with Crippen LogP contribution < -0.4 is 10.6 Å². The van der Waals surface area contributed by atoms with Gasteiger partial charge in [0.1, 0.15) is 0 Å². The molecule has 0 spiro atoms. The van der Waals surface area contributed by atoms with Crippen molar-refractivity contribution >= 4 is 17.5 Å². The highest BCUT2D eigenvalue weighted by Crippen LogP contribution is 2.30. The van der Waals surface area contributed by atoms with Crippen LogP contribution in [0.3, 0.4) is 0 Å². The predicted octanol–water partition coefficient (Wildman–Crippen LogP) is 4.55. The Morgan fingerprint density at radius 1 is 1.04 bits per heavy atom. The molecule has 0 saturated heterocycles. The van der Waals surface area contributed by atoms with Crippen LogP contribution in [0.4, 0.5) is 5.69 Å². The fourth-order valence-corrected chi connectivity index (χ4v) is 3.00. The summed E-state index contributed by atoms with van der Waals surface area (Å²) in [5.74, 6) is 0.525. The van der Waals surface area contributed by atoms with Gasteiger partial charge in [0.25, 0.3) is 5.91 Å². The third-order valence-corrected chi connectivity index (χ3v) is 4.55. The molecule has 1 saturated carbocycles. The van der Waals surface area contributed by atoms with E-state index in [0.717, 1.165) is 24.8 Å². The summed E-state index contributed by atoms with van der Waals surface area (Å²) in [6.07, 6.45) is 2.79. The fourth-order valence-electron chi connectivity index (χ4n) is 3.00. The third kappa shape index (κ3) is 4.94. The molecular formula is C22H26N2O2. The molecule has 1 atom stereocenters. The molecule has 4 heteroatoms. The number of benzene rings is 2. The van der Waals surface area contributed by atoms with Crippen molar-refractivity contribution in [2.75, 3.05) is 5.32 Å². The van der Waals surface area contributed by atoms with Crippen LogP contribution in [0.15, 0.2) is 54.6 Å². The molecule has 1 unspecified atom stereocenters. The Labute approximate surface area is 155 Å². The number of hydrogen-bond acceptors (Lipinski definition) is 2. The molecule has 1 aliphatic rings. The van der Waals surface area contributed by atoms with E-state index < -0.39 is 0 Å². The molecule has 136 valence electrons. The standard InChI is InChI=1S/C22H26N2O2/c1-15(2)13-20(16-7-4-3-5-8-16)24-22(26)18-9-6-10-19(14-18)23-21(25)17-11-12-17/h3-10,14-15,17,20H,11-13H2,1-2H3,(H,23,25)(H,24,26). The number of anilines is 1. The van der Waals surface area contributed by atoms with Crippen LogP contribution in [-0.4, -0.2) is 11.8 Å². The largest absolute Gasteiger partial charge is 0.345 e. The summed E-state index contributed by atoms with van der Waals surface area (Å²) in [7, 11) is 0. The lowest BCUT2D eigenvalue weighted by atomic mass is 9.96. The van der Waals surface area contributed by atoms with E-state index in [9.17, 15) is 9.59 Å². The monoisotopic (exact) mass is 350 g/mol. The van der Waals surface area contributed by atoms with Crippen LogP contribution in [0.5, 0.6) is 0 Å². The van der Waals surface area contributed by atoms with Gasteiger partial charge in [-0.05, 0) is 48.9 Å². The summed E-state index contributed by atoms with van der Waals surface area (Å²) in [5.41, 5.74) is 2.34. The molecule has 3 rings (SSSR count). The number of carbonyl (C=O) groups is 2. The Bertz CT molecular complexity index is 767. The molecule has 1 aliphatic carbocycles. The summed E-state index contributed by atoms with van der Waals surface area (Å²) in [6.45, 7) is 4.30. The van der Waals surface area contributed by atoms with E-state index in [-0.39, 0.29) is 23.8 Å². The lowest BCUT2D eigenvalue weighted by Crippen LogP contribution is -2.29. The Morgan fingerprint density at radius 2 is 1.77 bits per heavy atom. The molecule has 2 N–H and O–H groups in total. The first-order chi connectivity index (χ1) is 12.5. The van der Waals surface area contributed by atoms with Crippen molar-refractivity contribution in [3.8, 4) is 0 Å². The second kappa shape index (κ2) is 8.17. The molecule has 4 nitrogen and oxygen atoms in total. The van der Waals surface area contributed by atoms with Gasteiger partial charge in [-0.15, -0.1) is 0 Å². The topological polar surface area (TPSA) is 58.2 Å². The zero-order chi connectivity index (χ0) is 18.5. The van der Waals surface area contributed by atoms with E-state index in [1.54, 1.807) is 18.2 Å². The fraction of sp³-hybridized carbons (Fsp3) is 0.364. The third-order valence-electron chi connectivity index (χ3n) is 4.55. The first-order valence-electron chi connectivity index (χ1n) is 9.29. The van der Waals surface area contributed by atoms with Gasteiger partial charge in [0, 0.05) is 17.2 Å². The summed E-state index contributed by atoms with van der Waals surface area (Å²) < 4.78 is 0. The second-order valence-corrected chi connectivity index (χ2v) is 7.41. The van der Waals surface area contributed by atoms with Crippen molar-refractivity contribution in [3.05, 3.63) is 65.7 Å². The summed E-state index contributed by atoms with van der Waals surface area (Å²) in [5, 5.41) is 6.04. The Morgan fingerprint density at radius 3 is 2.42 bits per heavy atom. The SMILES string of the molecule is CC(C)CC(NC(=O)c1cccc(NC(=O)C2CC2)c1)c1ccccc1. The minimum atomic E-state index is -0.123. The maximum Gasteiger partial charge on any atom is 0.251 e. The van der Waals surface area contributed by atoms with E-state index in [4.69, 9.17) is 0 Å². The van der Waals surface area contributed by atoms with Crippen LogP contribution >= 0.6 is 0 Å². The van der Waals surface area contributed by atoms with Crippen molar-refractivity contribution < 1.29 is 9.59 Å². The molecule has 1 fully saturated rings. The zero-order valence-electron chi connectivity index (χ0n) is 15.4. The first-order valence-corrected chi connectivity index (χ1v) is 9.29. The molecule has 0 bridgehead atoms. The quantitative estimate of drug-likeness (QED) is 0.769. The van der Waals surface area contributed by atoms with Crippen LogP contribution in [0, 0.1) is 11.8 Å². The molecule has 2 aromatic carbocycles. The maximum atomic E-state index is 12.8. The summed E-state index contributed by atoms with van der Waals surface area (Å²) in [4.78, 5) is 24.7. The van der Waals surface area contributed by atoms with E-state index in [1.807, 2.05) is 36.4 Å². The van der Waals surface area contributed by atoms with Crippen molar-refractivity contribution in [1.29, 1.82) is 0 Å². The van der Waals surface area contributed by atoms with Gasteiger partial charge in [-0.25, -0.2) is 0 Å². The lowest BCUT2D eigenvalue weighted by Gasteiger charge is -2.21. The molecule has 2 aromatic rings. The minimum Gasteiger partial charge on any atom is -0.345 e. The molecule has 0 radical (unpaired) electrons. The summed E-state index contributed by atoms with van der Waals surface area (Å²) in [6, 6.07) is 17.1. The average molecular weight is 350 g/mol. The van der Waals surface area contributed by atoms with Gasteiger partial charge in [0.05, 0.1) is 6.04 Å². The van der Waals surface area contributed by atoms with Gasteiger partial charge in [-0.1, -0.05) is 50.2 Å². The van der Waals surface area contributed by atoms with E-state index in [1.165, 1.54) is 0 Å². The van der Waals surface area contributed by atoms with E-state index in [0.29, 0.717) is 17.2 Å². The lowest BCUT2D eigenvalue weighted by molar-refractivity contribution is -0.117. The van der Waals surface area contributed by atoms with Crippen molar-refractivity contribution in [2.45, 2.75) is 39.2 Å². The minimum absolute atomic E-state index is 0.0339. The summed E-state index contributed by atoms with van der Waals surface area (Å²) >= 11 is 0. The predicted molar refractivity (Wildman–Crippen MR) is 104 cm³/mol. The van der Waals surface area contributed by atoms with Crippen LogP contribution in [0.2, 0.25) is 0 Å². The second-order valence-electron chi connectivity index (χ2n) is 7.41. The normalized spacial score (nSPS) is 14.7. The zero-order valence-corrected chi connectivity index (χ0v) is 15.4. The Balaban J connectivity index is 1.71. The highest BCUT2D eigenvalue weighted by molar-refractivity contribution is 5.98. The molecule has 0 heterocycles.